The van der Waals surface area contributed by atoms with Gasteiger partial charge in [-0.3, -0.25) is 0 Å². The van der Waals surface area contributed by atoms with Crippen molar-refractivity contribution in [2.45, 2.75) is 12.3 Å². The first-order valence-corrected chi connectivity index (χ1v) is 10.3. The first kappa shape index (κ1) is 20.2. The van der Waals surface area contributed by atoms with Crippen LogP contribution in [-0.2, 0) is 9.47 Å². The van der Waals surface area contributed by atoms with E-state index in [1.165, 1.54) is 16.0 Å². The van der Waals surface area contributed by atoms with E-state index in [4.69, 9.17) is 9.47 Å². The Morgan fingerprint density at radius 3 is 2.37 bits per heavy atom. The fourth-order valence-corrected chi connectivity index (χ4v) is 4.18. The van der Waals surface area contributed by atoms with Gasteiger partial charge in [0.25, 0.3) is 0 Å². The number of aliphatic hydroxyl groups is 1. The summed E-state index contributed by atoms with van der Waals surface area (Å²) in [5, 5.41) is 9.34. The highest BCUT2D eigenvalue weighted by molar-refractivity contribution is 5.79. The predicted molar refractivity (Wildman–Crippen MR) is 111 cm³/mol. The van der Waals surface area contributed by atoms with Gasteiger partial charge in [0.1, 0.15) is 13.2 Å². The number of ether oxygens (including phenoxy) is 2. The zero-order chi connectivity index (χ0) is 20.9. The van der Waals surface area contributed by atoms with E-state index in [9.17, 15) is 14.7 Å². The van der Waals surface area contributed by atoms with Crippen LogP contribution in [0.4, 0.5) is 9.59 Å². The van der Waals surface area contributed by atoms with Gasteiger partial charge >= 0.3 is 12.2 Å². The summed E-state index contributed by atoms with van der Waals surface area (Å²) in [6.07, 6.45) is -0.168. The first-order chi connectivity index (χ1) is 14.7. The minimum absolute atomic E-state index is 0.00306. The molecule has 7 nitrogen and oxygen atoms in total. The smallest absolute Gasteiger partial charge is 0.409 e. The van der Waals surface area contributed by atoms with Gasteiger partial charge in [0.15, 0.2) is 0 Å². The number of rotatable bonds is 8. The lowest BCUT2D eigenvalue weighted by Gasteiger charge is -2.23. The second-order valence-corrected chi connectivity index (χ2v) is 7.47. The molecule has 30 heavy (non-hydrogen) atoms. The second kappa shape index (κ2) is 9.17. The fraction of sp³-hybridized carbons (Fsp3) is 0.391. The number of carbonyl (C=O) groups excluding carboxylic acids is 2. The summed E-state index contributed by atoms with van der Waals surface area (Å²) in [7, 11) is 0. The molecule has 1 heterocycles. The second-order valence-electron chi connectivity index (χ2n) is 7.47. The number of hydrogen-bond acceptors (Lipinski definition) is 5. The van der Waals surface area contributed by atoms with Crippen molar-refractivity contribution in [3.8, 4) is 11.1 Å². The Balaban J connectivity index is 1.37. The van der Waals surface area contributed by atoms with Crippen LogP contribution in [0, 0.1) is 0 Å². The Hall–Kier alpha value is -3.06. The molecule has 1 fully saturated rings. The largest absolute Gasteiger partial charge is 0.448 e. The topological polar surface area (TPSA) is 79.3 Å². The molecule has 158 valence electrons. The summed E-state index contributed by atoms with van der Waals surface area (Å²) in [5.41, 5.74) is 4.68. The summed E-state index contributed by atoms with van der Waals surface area (Å²) in [6, 6.07) is 16.4. The number of amides is 2. The van der Waals surface area contributed by atoms with E-state index in [0.29, 0.717) is 32.7 Å². The molecule has 0 aromatic heterocycles. The molecule has 1 aliphatic heterocycles. The van der Waals surface area contributed by atoms with Crippen LogP contribution in [-0.4, -0.2) is 73.1 Å². The number of cyclic esters (lactones) is 1. The van der Waals surface area contributed by atoms with Crippen molar-refractivity contribution < 1.29 is 24.2 Å². The fourth-order valence-electron chi connectivity index (χ4n) is 4.18. The molecule has 0 spiro atoms. The average Bonchev–Trinajstić information content (AvgIpc) is 3.32. The lowest BCUT2D eigenvalue weighted by molar-refractivity contribution is 0.0904. The number of hydrogen-bond donors (Lipinski definition) is 1. The molecule has 1 N–H and O–H groups in total. The van der Waals surface area contributed by atoms with Crippen molar-refractivity contribution in [2.75, 3.05) is 46.0 Å². The zero-order valence-electron chi connectivity index (χ0n) is 16.8. The van der Waals surface area contributed by atoms with Crippen molar-refractivity contribution >= 4 is 12.2 Å². The van der Waals surface area contributed by atoms with E-state index < -0.39 is 6.09 Å². The van der Waals surface area contributed by atoms with Crippen LogP contribution in [0.1, 0.15) is 23.5 Å². The Morgan fingerprint density at radius 1 is 1.10 bits per heavy atom. The molecule has 4 rings (SSSR count). The molecular weight excluding hydrogens is 384 g/mol. The van der Waals surface area contributed by atoms with E-state index >= 15 is 0 Å². The monoisotopic (exact) mass is 410 g/mol. The van der Waals surface area contributed by atoms with Crippen molar-refractivity contribution in [2.24, 2.45) is 0 Å². The van der Waals surface area contributed by atoms with Gasteiger partial charge in [0.2, 0.25) is 0 Å². The third-order valence-electron chi connectivity index (χ3n) is 5.67. The molecular formula is C23H26N2O5. The average molecular weight is 410 g/mol. The summed E-state index contributed by atoms with van der Waals surface area (Å²) in [6.45, 7) is 2.19. The van der Waals surface area contributed by atoms with Crippen molar-refractivity contribution in [1.82, 2.24) is 9.80 Å². The third kappa shape index (κ3) is 4.11. The van der Waals surface area contributed by atoms with E-state index in [-0.39, 0.29) is 31.8 Å². The Labute approximate surface area is 175 Å². The highest BCUT2D eigenvalue weighted by Gasteiger charge is 2.29. The van der Waals surface area contributed by atoms with Crippen LogP contribution in [0.5, 0.6) is 0 Å². The van der Waals surface area contributed by atoms with Gasteiger partial charge in [0.05, 0.1) is 13.2 Å². The molecule has 2 amide bonds. The number of carbonyl (C=O) groups is 2. The minimum Gasteiger partial charge on any atom is -0.448 e. The molecule has 0 bridgehead atoms. The van der Waals surface area contributed by atoms with E-state index in [1.807, 2.05) is 24.3 Å². The number of fused-ring (bicyclic) bond motifs is 3. The maximum absolute atomic E-state index is 12.7. The van der Waals surface area contributed by atoms with Crippen LogP contribution in [0.3, 0.4) is 0 Å². The van der Waals surface area contributed by atoms with Crippen molar-refractivity contribution in [3.63, 3.8) is 0 Å². The molecule has 2 aliphatic rings. The highest BCUT2D eigenvalue weighted by Crippen LogP contribution is 2.44. The predicted octanol–water partition coefficient (Wildman–Crippen LogP) is 3.07. The Bertz CT molecular complexity index is 870. The van der Waals surface area contributed by atoms with E-state index in [0.717, 1.165) is 11.1 Å². The molecule has 7 heteroatoms. The quantitative estimate of drug-likeness (QED) is 0.724. The Morgan fingerprint density at radius 2 is 1.77 bits per heavy atom. The summed E-state index contributed by atoms with van der Waals surface area (Å²) >= 11 is 0. The van der Waals surface area contributed by atoms with E-state index in [1.54, 1.807) is 4.90 Å². The van der Waals surface area contributed by atoms with Crippen molar-refractivity contribution in [1.29, 1.82) is 0 Å². The minimum atomic E-state index is -0.449. The molecule has 1 saturated heterocycles. The Kier molecular flexibility index (Phi) is 6.18. The van der Waals surface area contributed by atoms with Crippen molar-refractivity contribution in [3.05, 3.63) is 59.7 Å². The van der Waals surface area contributed by atoms with Gasteiger partial charge in [0, 0.05) is 25.6 Å². The van der Waals surface area contributed by atoms with Gasteiger partial charge in [-0.1, -0.05) is 48.5 Å². The molecule has 2 aromatic carbocycles. The summed E-state index contributed by atoms with van der Waals surface area (Å²) in [4.78, 5) is 27.3. The van der Waals surface area contributed by atoms with Gasteiger partial charge in [-0.2, -0.15) is 0 Å². The SMILES string of the molecule is O=C1OCCN1CCCN(CCO)C(=O)OCC1c2ccccc2-c2ccccc21. The molecule has 0 radical (unpaired) electrons. The van der Waals surface area contributed by atoms with Gasteiger partial charge in [-0.15, -0.1) is 0 Å². The molecule has 0 saturated carbocycles. The van der Waals surface area contributed by atoms with Crippen LogP contribution in [0.2, 0.25) is 0 Å². The van der Waals surface area contributed by atoms with Gasteiger partial charge < -0.3 is 24.4 Å². The maximum Gasteiger partial charge on any atom is 0.409 e. The zero-order valence-corrected chi connectivity index (χ0v) is 16.8. The summed E-state index contributed by atoms with van der Waals surface area (Å²) < 4.78 is 10.6. The highest BCUT2D eigenvalue weighted by atomic mass is 16.6. The molecule has 1 aliphatic carbocycles. The molecule has 2 aromatic rings. The lowest BCUT2D eigenvalue weighted by atomic mass is 9.98. The van der Waals surface area contributed by atoms with Gasteiger partial charge in [-0.25, -0.2) is 9.59 Å². The van der Waals surface area contributed by atoms with Crippen LogP contribution in [0.25, 0.3) is 11.1 Å². The lowest BCUT2D eigenvalue weighted by Crippen LogP contribution is -2.37. The van der Waals surface area contributed by atoms with Gasteiger partial charge in [-0.05, 0) is 28.7 Å². The normalized spacial score (nSPS) is 15.0. The van der Waals surface area contributed by atoms with Crippen LogP contribution in [0.15, 0.2) is 48.5 Å². The molecule has 0 unspecified atom stereocenters. The first-order valence-electron chi connectivity index (χ1n) is 10.3. The number of nitrogens with zero attached hydrogens (tertiary/aromatic N) is 2. The van der Waals surface area contributed by atoms with E-state index in [2.05, 4.69) is 24.3 Å². The third-order valence-corrected chi connectivity index (χ3v) is 5.67. The maximum atomic E-state index is 12.7. The standard InChI is InChI=1S/C23H26N2O5/c26-14-12-24(10-5-11-25-13-15-29-22(25)27)23(28)30-16-21-19-8-3-1-6-17(19)18-7-2-4-9-20(18)21/h1-4,6-9,21,26H,5,10-16H2. The van der Waals surface area contributed by atoms with Crippen LogP contribution >= 0.6 is 0 Å². The molecule has 0 atom stereocenters. The van der Waals surface area contributed by atoms with Crippen LogP contribution < -0.4 is 0 Å². The number of benzene rings is 2. The number of aliphatic hydroxyl groups excluding tert-OH is 1. The summed E-state index contributed by atoms with van der Waals surface area (Å²) in [5.74, 6) is -0.00306.